The number of aliphatic carboxylic acids is 1. The van der Waals surface area contributed by atoms with Crippen LogP contribution in [0.1, 0.15) is 28.5 Å². The van der Waals surface area contributed by atoms with Crippen LogP contribution in [-0.2, 0) is 4.79 Å². The van der Waals surface area contributed by atoms with Gasteiger partial charge in [0.15, 0.2) is 5.69 Å². The maximum absolute atomic E-state index is 12.6. The van der Waals surface area contributed by atoms with Gasteiger partial charge in [-0.1, -0.05) is 52.3 Å². The molecule has 0 unspecified atom stereocenters. The molecule has 0 aliphatic heterocycles. The van der Waals surface area contributed by atoms with E-state index in [1.165, 1.54) is 10.7 Å². The van der Waals surface area contributed by atoms with Crippen molar-refractivity contribution in [3.05, 3.63) is 76.4 Å². The number of hydrogen-bond acceptors (Lipinski definition) is 4. The number of aromatic hydroxyl groups is 1. The van der Waals surface area contributed by atoms with Gasteiger partial charge < -0.3 is 15.5 Å². The molecule has 1 heterocycles. The van der Waals surface area contributed by atoms with Crippen LogP contribution in [0.25, 0.3) is 5.69 Å². The van der Waals surface area contributed by atoms with E-state index in [0.29, 0.717) is 15.7 Å². The van der Waals surface area contributed by atoms with Crippen LogP contribution in [0, 0.1) is 0 Å². The maximum Gasteiger partial charge on any atom is 0.305 e. The van der Waals surface area contributed by atoms with Gasteiger partial charge in [-0.15, -0.1) is 0 Å². The van der Waals surface area contributed by atoms with Gasteiger partial charge in [0.05, 0.1) is 18.2 Å². The largest absolute Gasteiger partial charge is 0.493 e. The lowest BCUT2D eigenvalue weighted by molar-refractivity contribution is -0.137. The summed E-state index contributed by atoms with van der Waals surface area (Å²) in [7, 11) is 0. The number of nitrogens with one attached hydrogen (secondary N) is 1. The SMILES string of the molecule is O=C(O)C[C@H](NC(=O)c1cc(O)n(-c2ccccc2)n1)c1ccccc1Br. The summed E-state index contributed by atoms with van der Waals surface area (Å²) in [5.41, 5.74) is 1.22. The molecule has 2 aromatic carbocycles. The van der Waals surface area contributed by atoms with E-state index in [4.69, 9.17) is 0 Å². The van der Waals surface area contributed by atoms with E-state index in [1.807, 2.05) is 6.07 Å². The van der Waals surface area contributed by atoms with E-state index in [1.54, 1.807) is 48.5 Å². The Balaban J connectivity index is 1.86. The molecule has 0 spiro atoms. The molecular weight excluding hydrogens is 414 g/mol. The molecule has 1 atom stereocenters. The average Bonchev–Trinajstić information content (AvgIpc) is 3.04. The van der Waals surface area contributed by atoms with Gasteiger partial charge >= 0.3 is 5.97 Å². The lowest BCUT2D eigenvalue weighted by atomic mass is 10.0. The summed E-state index contributed by atoms with van der Waals surface area (Å²) in [5, 5.41) is 26.1. The minimum absolute atomic E-state index is 0.0150. The summed E-state index contributed by atoms with van der Waals surface area (Å²) in [4.78, 5) is 23.8. The number of aromatic nitrogens is 2. The lowest BCUT2D eigenvalue weighted by Crippen LogP contribution is -2.30. The number of carboxylic acids is 1. The third-order valence-electron chi connectivity index (χ3n) is 3.89. The average molecular weight is 430 g/mol. The Morgan fingerprint density at radius 1 is 1.11 bits per heavy atom. The molecule has 138 valence electrons. The summed E-state index contributed by atoms with van der Waals surface area (Å²) in [6, 6.07) is 16.4. The Morgan fingerprint density at radius 3 is 2.44 bits per heavy atom. The smallest absolute Gasteiger partial charge is 0.305 e. The number of nitrogens with zero attached hydrogens (tertiary/aromatic N) is 2. The maximum atomic E-state index is 12.6. The summed E-state index contributed by atoms with van der Waals surface area (Å²) >= 11 is 3.38. The van der Waals surface area contributed by atoms with Crippen molar-refractivity contribution >= 4 is 27.8 Å². The predicted molar refractivity (Wildman–Crippen MR) is 102 cm³/mol. The van der Waals surface area contributed by atoms with Crippen molar-refractivity contribution in [2.24, 2.45) is 0 Å². The number of carbonyl (C=O) groups is 2. The summed E-state index contributed by atoms with van der Waals surface area (Å²) in [6.45, 7) is 0. The number of para-hydroxylation sites is 1. The molecule has 7 nitrogen and oxygen atoms in total. The second-order valence-corrected chi connectivity index (χ2v) is 6.63. The first-order valence-corrected chi connectivity index (χ1v) is 8.86. The number of halogens is 1. The highest BCUT2D eigenvalue weighted by Crippen LogP contribution is 2.26. The molecule has 0 radical (unpaired) electrons. The molecule has 3 N–H and O–H groups in total. The predicted octanol–water partition coefficient (Wildman–Crippen LogP) is 3.29. The lowest BCUT2D eigenvalue weighted by Gasteiger charge is -2.18. The van der Waals surface area contributed by atoms with Crippen LogP contribution < -0.4 is 5.32 Å². The van der Waals surface area contributed by atoms with Crippen LogP contribution in [0.15, 0.2) is 65.1 Å². The summed E-state index contributed by atoms with van der Waals surface area (Å²) < 4.78 is 1.92. The van der Waals surface area contributed by atoms with Crippen molar-refractivity contribution in [3.8, 4) is 11.6 Å². The molecule has 8 heteroatoms. The van der Waals surface area contributed by atoms with Crippen molar-refractivity contribution in [1.82, 2.24) is 15.1 Å². The Hall–Kier alpha value is -3.13. The zero-order valence-electron chi connectivity index (χ0n) is 14.0. The quantitative estimate of drug-likeness (QED) is 0.557. The van der Waals surface area contributed by atoms with Crippen molar-refractivity contribution in [3.63, 3.8) is 0 Å². The third kappa shape index (κ3) is 4.35. The minimum atomic E-state index is -1.05. The second-order valence-electron chi connectivity index (χ2n) is 5.78. The third-order valence-corrected chi connectivity index (χ3v) is 4.61. The molecule has 1 amide bonds. The highest BCUT2D eigenvalue weighted by Gasteiger charge is 2.23. The zero-order valence-corrected chi connectivity index (χ0v) is 15.6. The number of amides is 1. The normalized spacial score (nSPS) is 11.7. The minimum Gasteiger partial charge on any atom is -0.493 e. The first kappa shape index (κ1) is 18.7. The molecule has 0 fully saturated rings. The second kappa shape index (κ2) is 8.05. The zero-order chi connectivity index (χ0) is 19.4. The van der Waals surface area contributed by atoms with Gasteiger partial charge in [-0.3, -0.25) is 9.59 Å². The van der Waals surface area contributed by atoms with Gasteiger partial charge in [-0.2, -0.15) is 5.10 Å². The van der Waals surface area contributed by atoms with E-state index >= 15 is 0 Å². The van der Waals surface area contributed by atoms with Gasteiger partial charge in [-0.25, -0.2) is 4.68 Å². The molecule has 0 bridgehead atoms. The molecule has 0 saturated carbocycles. The fourth-order valence-electron chi connectivity index (χ4n) is 2.64. The van der Waals surface area contributed by atoms with Crippen molar-refractivity contribution < 1.29 is 19.8 Å². The number of carbonyl (C=O) groups excluding carboxylic acids is 1. The van der Waals surface area contributed by atoms with E-state index < -0.39 is 17.9 Å². The molecular formula is C19H16BrN3O4. The number of benzene rings is 2. The number of hydrogen-bond donors (Lipinski definition) is 3. The monoisotopic (exact) mass is 429 g/mol. The standard InChI is InChI=1S/C19H16BrN3O4/c20-14-9-5-4-8-13(14)15(11-18(25)26)21-19(27)16-10-17(24)23(22-16)12-6-2-1-3-7-12/h1-10,15,24H,11H2,(H,21,27)(H,25,26)/t15-/m0/s1. The van der Waals surface area contributed by atoms with Crippen LogP contribution in [0.4, 0.5) is 0 Å². The first-order valence-electron chi connectivity index (χ1n) is 8.07. The highest BCUT2D eigenvalue weighted by molar-refractivity contribution is 9.10. The molecule has 1 aromatic heterocycles. The van der Waals surface area contributed by atoms with Crippen molar-refractivity contribution in [2.45, 2.75) is 12.5 Å². The highest BCUT2D eigenvalue weighted by atomic mass is 79.9. The number of carboxylic acid groups (broad SMARTS) is 1. The fourth-order valence-corrected chi connectivity index (χ4v) is 3.21. The van der Waals surface area contributed by atoms with Crippen LogP contribution in [0.5, 0.6) is 5.88 Å². The molecule has 27 heavy (non-hydrogen) atoms. The van der Waals surface area contributed by atoms with Crippen LogP contribution >= 0.6 is 15.9 Å². The van der Waals surface area contributed by atoms with Crippen molar-refractivity contribution in [1.29, 1.82) is 0 Å². The van der Waals surface area contributed by atoms with Gasteiger partial charge in [0.1, 0.15) is 0 Å². The van der Waals surface area contributed by atoms with Gasteiger partial charge in [0.2, 0.25) is 5.88 Å². The van der Waals surface area contributed by atoms with E-state index in [0.717, 1.165) is 0 Å². The van der Waals surface area contributed by atoms with Crippen LogP contribution in [0.2, 0.25) is 0 Å². The Labute approximate surface area is 163 Å². The van der Waals surface area contributed by atoms with Gasteiger partial charge in [0, 0.05) is 10.5 Å². The topological polar surface area (TPSA) is 104 Å². The van der Waals surface area contributed by atoms with Gasteiger partial charge in [-0.05, 0) is 23.8 Å². The van der Waals surface area contributed by atoms with Crippen LogP contribution in [0.3, 0.4) is 0 Å². The fraction of sp³-hybridized carbons (Fsp3) is 0.105. The van der Waals surface area contributed by atoms with E-state index in [9.17, 15) is 19.8 Å². The molecule has 0 saturated heterocycles. The number of rotatable bonds is 6. The van der Waals surface area contributed by atoms with E-state index in [-0.39, 0.29) is 18.0 Å². The van der Waals surface area contributed by atoms with E-state index in [2.05, 4.69) is 26.3 Å². The molecule has 3 aromatic rings. The summed E-state index contributed by atoms with van der Waals surface area (Å²) in [6.07, 6.45) is -0.292. The van der Waals surface area contributed by atoms with Gasteiger partial charge in [0.25, 0.3) is 5.91 Å². The Kier molecular flexibility index (Phi) is 5.56. The Morgan fingerprint density at radius 2 is 1.78 bits per heavy atom. The Bertz CT molecular complexity index is 972. The van der Waals surface area contributed by atoms with Crippen LogP contribution in [-0.4, -0.2) is 31.9 Å². The molecule has 0 aliphatic carbocycles. The first-order chi connectivity index (χ1) is 13.0. The molecule has 3 rings (SSSR count). The summed E-state index contributed by atoms with van der Waals surface area (Å²) in [5.74, 6) is -1.82. The molecule has 0 aliphatic rings. The van der Waals surface area contributed by atoms with Crippen molar-refractivity contribution in [2.75, 3.05) is 0 Å².